The van der Waals surface area contributed by atoms with E-state index in [9.17, 15) is 8.78 Å². The van der Waals surface area contributed by atoms with E-state index in [1.807, 2.05) is 0 Å². The van der Waals surface area contributed by atoms with Gasteiger partial charge in [0.25, 0.3) is 0 Å². The van der Waals surface area contributed by atoms with E-state index in [1.54, 1.807) is 10.9 Å². The zero-order valence-electron chi connectivity index (χ0n) is 9.19. The number of benzene rings is 1. The molecule has 2 aromatic heterocycles. The number of fused-ring (bicyclic) bond motifs is 1. The molecule has 0 aliphatic heterocycles. The van der Waals surface area contributed by atoms with E-state index in [2.05, 4.69) is 15.1 Å². The van der Waals surface area contributed by atoms with E-state index >= 15 is 0 Å². The summed E-state index contributed by atoms with van der Waals surface area (Å²) in [5, 5.41) is 3.99. The fraction of sp³-hybridized carbons (Fsp3) is 0.0909. The number of halogens is 2. The number of imidazole rings is 1. The lowest BCUT2D eigenvalue weighted by atomic mass is 10.3. The third-order valence-electron chi connectivity index (χ3n) is 2.56. The smallest absolute Gasteiger partial charge is 0.186 e. The number of anilines is 1. The van der Waals surface area contributed by atoms with Gasteiger partial charge in [-0.2, -0.15) is 5.10 Å². The SMILES string of the molecule is Nc1cnn(Cc2nc3c(F)c(F)ccc3[nH]2)c1. The van der Waals surface area contributed by atoms with E-state index in [0.717, 1.165) is 6.07 Å². The van der Waals surface area contributed by atoms with E-state index in [4.69, 9.17) is 5.73 Å². The number of nitrogens with zero attached hydrogens (tertiary/aromatic N) is 3. The van der Waals surface area contributed by atoms with Crippen molar-refractivity contribution in [2.45, 2.75) is 6.54 Å². The minimum Gasteiger partial charge on any atom is -0.396 e. The quantitative estimate of drug-likeness (QED) is 0.725. The topological polar surface area (TPSA) is 72.5 Å². The van der Waals surface area contributed by atoms with Gasteiger partial charge in [-0.3, -0.25) is 4.68 Å². The fourth-order valence-electron chi connectivity index (χ4n) is 1.76. The van der Waals surface area contributed by atoms with Gasteiger partial charge in [-0.1, -0.05) is 0 Å². The van der Waals surface area contributed by atoms with Crippen LogP contribution in [0.5, 0.6) is 0 Å². The second kappa shape index (κ2) is 3.80. The van der Waals surface area contributed by atoms with Crippen molar-refractivity contribution in [2.24, 2.45) is 0 Å². The van der Waals surface area contributed by atoms with E-state index in [0.29, 0.717) is 23.6 Å². The van der Waals surface area contributed by atoms with Crippen molar-refractivity contribution in [3.05, 3.63) is 42.0 Å². The van der Waals surface area contributed by atoms with Gasteiger partial charge in [-0.25, -0.2) is 13.8 Å². The van der Waals surface area contributed by atoms with Crippen LogP contribution in [0.2, 0.25) is 0 Å². The molecule has 0 spiro atoms. The third kappa shape index (κ3) is 1.69. The van der Waals surface area contributed by atoms with Gasteiger partial charge in [0.2, 0.25) is 0 Å². The molecule has 0 aliphatic rings. The molecule has 0 aliphatic carbocycles. The molecule has 0 atom stereocenters. The number of aromatic nitrogens is 4. The van der Waals surface area contributed by atoms with Gasteiger partial charge in [0.1, 0.15) is 11.3 Å². The number of hydrogen-bond donors (Lipinski definition) is 2. The molecule has 0 fully saturated rings. The van der Waals surface area contributed by atoms with Crippen LogP contribution in [0.1, 0.15) is 5.82 Å². The van der Waals surface area contributed by atoms with Crippen LogP contribution in [0.4, 0.5) is 14.5 Å². The van der Waals surface area contributed by atoms with Crippen molar-refractivity contribution in [1.29, 1.82) is 0 Å². The summed E-state index contributed by atoms with van der Waals surface area (Å²) in [6.45, 7) is 0.312. The molecule has 3 aromatic rings. The van der Waals surface area contributed by atoms with Gasteiger partial charge < -0.3 is 10.7 Å². The van der Waals surface area contributed by atoms with Crippen LogP contribution < -0.4 is 5.73 Å². The molecule has 18 heavy (non-hydrogen) atoms. The van der Waals surface area contributed by atoms with Crippen molar-refractivity contribution in [3.63, 3.8) is 0 Å². The van der Waals surface area contributed by atoms with E-state index in [-0.39, 0.29) is 5.52 Å². The minimum atomic E-state index is -0.949. The van der Waals surface area contributed by atoms with Gasteiger partial charge in [0.15, 0.2) is 11.6 Å². The molecule has 1 aromatic carbocycles. The highest BCUT2D eigenvalue weighted by Gasteiger charge is 2.12. The molecule has 5 nitrogen and oxygen atoms in total. The summed E-state index contributed by atoms with van der Waals surface area (Å²) < 4.78 is 28.0. The van der Waals surface area contributed by atoms with Gasteiger partial charge in [0.05, 0.1) is 23.9 Å². The van der Waals surface area contributed by atoms with Crippen molar-refractivity contribution >= 4 is 16.7 Å². The lowest BCUT2D eigenvalue weighted by molar-refractivity contribution is 0.515. The number of H-pyrrole nitrogens is 1. The van der Waals surface area contributed by atoms with Crippen LogP contribution in [0.15, 0.2) is 24.5 Å². The number of nitrogens with one attached hydrogen (secondary N) is 1. The van der Waals surface area contributed by atoms with Gasteiger partial charge in [0, 0.05) is 6.20 Å². The van der Waals surface area contributed by atoms with Crippen molar-refractivity contribution in [2.75, 3.05) is 5.73 Å². The summed E-state index contributed by atoms with van der Waals surface area (Å²) in [4.78, 5) is 6.91. The molecule has 0 radical (unpaired) electrons. The minimum absolute atomic E-state index is 0.00914. The summed E-state index contributed by atoms with van der Waals surface area (Å²) in [6.07, 6.45) is 3.13. The van der Waals surface area contributed by atoms with Crippen LogP contribution in [-0.2, 0) is 6.54 Å². The number of rotatable bonds is 2. The predicted octanol–water partition coefficient (Wildman–Crippen LogP) is 1.67. The molecule has 3 N–H and O–H groups in total. The second-order valence-corrected chi connectivity index (χ2v) is 3.91. The van der Waals surface area contributed by atoms with Crippen LogP contribution >= 0.6 is 0 Å². The van der Waals surface area contributed by atoms with Gasteiger partial charge >= 0.3 is 0 Å². The Hall–Kier alpha value is -2.44. The zero-order valence-corrected chi connectivity index (χ0v) is 9.19. The highest BCUT2D eigenvalue weighted by Crippen LogP contribution is 2.18. The molecule has 92 valence electrons. The van der Waals surface area contributed by atoms with Crippen LogP contribution in [0, 0.1) is 11.6 Å². The fourth-order valence-corrected chi connectivity index (χ4v) is 1.76. The molecule has 3 rings (SSSR count). The molecule has 0 bridgehead atoms. The maximum absolute atomic E-state index is 13.5. The highest BCUT2D eigenvalue weighted by molar-refractivity contribution is 5.75. The Labute approximate surface area is 100 Å². The Bertz CT molecular complexity index is 715. The molecule has 0 amide bonds. The van der Waals surface area contributed by atoms with Crippen molar-refractivity contribution in [1.82, 2.24) is 19.7 Å². The summed E-state index contributed by atoms with van der Waals surface area (Å²) in [7, 11) is 0. The lowest BCUT2D eigenvalue weighted by Crippen LogP contribution is -2.01. The van der Waals surface area contributed by atoms with E-state index < -0.39 is 11.6 Å². The summed E-state index contributed by atoms with van der Waals surface area (Å²) in [6, 6.07) is 2.51. The Balaban J connectivity index is 2.01. The molecule has 0 unspecified atom stereocenters. The van der Waals surface area contributed by atoms with Crippen LogP contribution in [0.25, 0.3) is 11.0 Å². The average molecular weight is 249 g/mol. The van der Waals surface area contributed by atoms with Gasteiger partial charge in [-0.15, -0.1) is 0 Å². The first-order valence-electron chi connectivity index (χ1n) is 5.24. The first-order valence-corrected chi connectivity index (χ1v) is 5.24. The normalized spacial score (nSPS) is 11.2. The molecular weight excluding hydrogens is 240 g/mol. The Kier molecular flexibility index (Phi) is 2.26. The number of nitrogens with two attached hydrogens (primary N) is 1. The van der Waals surface area contributed by atoms with Gasteiger partial charge in [-0.05, 0) is 12.1 Å². The Morgan fingerprint density at radius 1 is 1.33 bits per heavy atom. The largest absolute Gasteiger partial charge is 0.396 e. The monoisotopic (exact) mass is 249 g/mol. The maximum Gasteiger partial charge on any atom is 0.186 e. The Morgan fingerprint density at radius 3 is 2.89 bits per heavy atom. The van der Waals surface area contributed by atoms with Crippen molar-refractivity contribution < 1.29 is 8.78 Å². The summed E-state index contributed by atoms with van der Waals surface area (Å²) in [5.41, 5.74) is 6.50. The molecule has 0 saturated carbocycles. The summed E-state index contributed by atoms with van der Waals surface area (Å²) >= 11 is 0. The molecule has 0 saturated heterocycles. The van der Waals surface area contributed by atoms with Crippen LogP contribution in [-0.4, -0.2) is 19.7 Å². The number of aromatic amines is 1. The van der Waals surface area contributed by atoms with Crippen molar-refractivity contribution in [3.8, 4) is 0 Å². The predicted molar refractivity (Wildman–Crippen MR) is 61.8 cm³/mol. The second-order valence-electron chi connectivity index (χ2n) is 3.91. The van der Waals surface area contributed by atoms with Crippen LogP contribution in [0.3, 0.4) is 0 Å². The zero-order chi connectivity index (χ0) is 12.7. The molecule has 7 heteroatoms. The first kappa shape index (κ1) is 10.7. The third-order valence-corrected chi connectivity index (χ3v) is 2.56. The first-order chi connectivity index (χ1) is 8.63. The number of hydrogen-bond acceptors (Lipinski definition) is 3. The summed E-state index contributed by atoms with van der Waals surface area (Å²) in [5.74, 6) is -1.38. The standard InChI is InChI=1S/C11H9F2N5/c12-7-1-2-8-11(10(7)13)17-9(16-8)5-18-4-6(14)3-15-18/h1-4H,5,14H2,(H,16,17). The maximum atomic E-state index is 13.5. The molecular formula is C11H9F2N5. The Morgan fingerprint density at radius 2 is 2.17 bits per heavy atom. The number of nitrogen functional groups attached to an aromatic ring is 1. The lowest BCUT2D eigenvalue weighted by Gasteiger charge is -1.95. The highest BCUT2D eigenvalue weighted by atomic mass is 19.2. The average Bonchev–Trinajstić information content (AvgIpc) is 2.91. The van der Waals surface area contributed by atoms with E-state index in [1.165, 1.54) is 12.3 Å². The molecule has 2 heterocycles.